The molecule has 0 aliphatic heterocycles. The van der Waals surface area contributed by atoms with Crippen molar-refractivity contribution in [1.82, 2.24) is 4.98 Å². The van der Waals surface area contributed by atoms with Crippen LogP contribution in [0.3, 0.4) is 0 Å². The van der Waals surface area contributed by atoms with Gasteiger partial charge in [-0.25, -0.2) is 0 Å². The maximum atomic E-state index is 11.0. The smallest absolute Gasteiger partial charge is 0.252 e. The highest BCUT2D eigenvalue weighted by molar-refractivity contribution is 5.84. The lowest BCUT2D eigenvalue weighted by Gasteiger charge is -2.00. The van der Waals surface area contributed by atoms with Crippen LogP contribution in [0.1, 0.15) is 19.4 Å². The summed E-state index contributed by atoms with van der Waals surface area (Å²) in [5.74, 6) is 0.0266. The Balaban J connectivity index is 0.000000531. The molecular weight excluding hydrogens is 190 g/mol. The molecule has 1 heterocycles. The number of aromatic nitrogens is 1. The number of nitrogens with one attached hydrogen (secondary N) is 1. The Morgan fingerprint density at radius 2 is 1.87 bits per heavy atom. The van der Waals surface area contributed by atoms with E-state index < -0.39 is 0 Å². The highest BCUT2D eigenvalue weighted by Crippen LogP contribution is 2.20. The fourth-order valence-corrected chi connectivity index (χ4v) is 1.36. The summed E-state index contributed by atoms with van der Waals surface area (Å²) < 4.78 is 0. The summed E-state index contributed by atoms with van der Waals surface area (Å²) >= 11 is 0. The van der Waals surface area contributed by atoms with Gasteiger partial charge in [0.05, 0.1) is 5.52 Å². The van der Waals surface area contributed by atoms with E-state index in [1.54, 1.807) is 6.07 Å². The second-order valence-electron chi connectivity index (χ2n) is 3.07. The average molecular weight is 205 g/mol. The van der Waals surface area contributed by atoms with Gasteiger partial charge in [0, 0.05) is 11.5 Å². The number of aromatic amines is 1. The summed E-state index contributed by atoms with van der Waals surface area (Å²) in [6.07, 6.45) is 0. The number of aryl methyl sites for hydroxylation is 1. The number of H-pyrrole nitrogens is 1. The standard InChI is InChI=1S/C10H9NO2.C2H6/c1-6-2-3-7-8(4-6)11-10(13)5-9(7)12;1-2/h2-5H,1H3,(H2,11,12,13);1-2H3. The quantitative estimate of drug-likeness (QED) is 0.694. The molecule has 2 N–H and O–H groups in total. The van der Waals surface area contributed by atoms with E-state index in [-0.39, 0.29) is 11.3 Å². The monoisotopic (exact) mass is 205 g/mol. The van der Waals surface area contributed by atoms with E-state index >= 15 is 0 Å². The van der Waals surface area contributed by atoms with Crippen molar-refractivity contribution in [2.24, 2.45) is 0 Å². The lowest BCUT2D eigenvalue weighted by atomic mass is 10.1. The number of hydrogen-bond donors (Lipinski definition) is 2. The molecule has 0 unspecified atom stereocenters. The summed E-state index contributed by atoms with van der Waals surface area (Å²) in [6.45, 7) is 5.93. The van der Waals surface area contributed by atoms with Crippen molar-refractivity contribution in [3.8, 4) is 5.75 Å². The molecule has 0 saturated carbocycles. The van der Waals surface area contributed by atoms with Crippen molar-refractivity contribution in [3.05, 3.63) is 40.2 Å². The van der Waals surface area contributed by atoms with E-state index in [0.717, 1.165) is 5.56 Å². The topological polar surface area (TPSA) is 53.1 Å². The van der Waals surface area contributed by atoms with Gasteiger partial charge in [-0.2, -0.15) is 0 Å². The van der Waals surface area contributed by atoms with Gasteiger partial charge in [0.2, 0.25) is 0 Å². The first-order valence-corrected chi connectivity index (χ1v) is 4.99. The van der Waals surface area contributed by atoms with Crippen LogP contribution in [0.25, 0.3) is 10.9 Å². The summed E-state index contributed by atoms with van der Waals surface area (Å²) in [5, 5.41) is 10.1. The highest BCUT2D eigenvalue weighted by Gasteiger charge is 2.00. The van der Waals surface area contributed by atoms with Crippen LogP contribution in [-0.4, -0.2) is 10.1 Å². The fraction of sp³-hybridized carbons (Fsp3) is 0.250. The van der Waals surface area contributed by atoms with Crippen LogP contribution < -0.4 is 5.56 Å². The normalized spacial score (nSPS) is 9.53. The minimum Gasteiger partial charge on any atom is -0.507 e. The SMILES string of the molecule is CC.Cc1ccc2c(O)cc(=O)[nH]c2c1. The number of rotatable bonds is 0. The zero-order chi connectivity index (χ0) is 11.4. The molecule has 15 heavy (non-hydrogen) atoms. The van der Waals surface area contributed by atoms with Crippen molar-refractivity contribution in [2.75, 3.05) is 0 Å². The third kappa shape index (κ3) is 2.37. The fourth-order valence-electron chi connectivity index (χ4n) is 1.36. The Morgan fingerprint density at radius 3 is 2.53 bits per heavy atom. The van der Waals surface area contributed by atoms with E-state index in [9.17, 15) is 9.90 Å². The molecule has 1 aromatic carbocycles. The van der Waals surface area contributed by atoms with E-state index in [2.05, 4.69) is 4.98 Å². The van der Waals surface area contributed by atoms with Gasteiger partial charge < -0.3 is 10.1 Å². The van der Waals surface area contributed by atoms with Gasteiger partial charge in [0.25, 0.3) is 5.56 Å². The van der Waals surface area contributed by atoms with Crippen LogP contribution in [0, 0.1) is 6.92 Å². The first kappa shape index (κ1) is 11.3. The number of hydrogen-bond acceptors (Lipinski definition) is 2. The Hall–Kier alpha value is -1.77. The molecule has 80 valence electrons. The molecule has 0 amide bonds. The predicted molar refractivity (Wildman–Crippen MR) is 62.3 cm³/mol. The molecule has 0 radical (unpaired) electrons. The van der Waals surface area contributed by atoms with Gasteiger partial charge in [-0.05, 0) is 24.6 Å². The van der Waals surface area contributed by atoms with Gasteiger partial charge >= 0.3 is 0 Å². The zero-order valence-corrected chi connectivity index (χ0v) is 9.16. The average Bonchev–Trinajstić information content (AvgIpc) is 2.19. The molecule has 0 saturated heterocycles. The molecule has 1 aromatic heterocycles. The van der Waals surface area contributed by atoms with Gasteiger partial charge in [-0.1, -0.05) is 19.9 Å². The molecule has 3 heteroatoms. The minimum atomic E-state index is -0.282. The van der Waals surface area contributed by atoms with Gasteiger partial charge in [-0.3, -0.25) is 4.79 Å². The summed E-state index contributed by atoms with van der Waals surface area (Å²) in [4.78, 5) is 13.7. The molecule has 0 spiro atoms. The summed E-state index contributed by atoms with van der Waals surface area (Å²) in [7, 11) is 0. The van der Waals surface area contributed by atoms with Crippen LogP contribution >= 0.6 is 0 Å². The second-order valence-corrected chi connectivity index (χ2v) is 3.07. The van der Waals surface area contributed by atoms with E-state index in [0.29, 0.717) is 10.9 Å². The van der Waals surface area contributed by atoms with E-state index in [1.807, 2.05) is 32.9 Å². The molecule has 2 rings (SSSR count). The van der Waals surface area contributed by atoms with E-state index in [1.165, 1.54) is 6.07 Å². The van der Waals surface area contributed by atoms with Crippen LogP contribution in [0.4, 0.5) is 0 Å². The first-order chi connectivity index (χ1) is 7.16. The Labute approximate surface area is 88.4 Å². The van der Waals surface area contributed by atoms with E-state index in [4.69, 9.17) is 0 Å². The van der Waals surface area contributed by atoms with Crippen LogP contribution in [0.2, 0.25) is 0 Å². The van der Waals surface area contributed by atoms with Crippen molar-refractivity contribution in [2.45, 2.75) is 20.8 Å². The molecule has 0 atom stereocenters. The maximum absolute atomic E-state index is 11.0. The minimum absolute atomic E-state index is 0.0266. The zero-order valence-electron chi connectivity index (χ0n) is 9.16. The Kier molecular flexibility index (Phi) is 3.50. The van der Waals surface area contributed by atoms with Crippen molar-refractivity contribution >= 4 is 10.9 Å². The lowest BCUT2D eigenvalue weighted by Crippen LogP contribution is -2.02. The Bertz CT molecular complexity index is 515. The van der Waals surface area contributed by atoms with Crippen LogP contribution in [-0.2, 0) is 0 Å². The number of fused-ring (bicyclic) bond motifs is 1. The largest absolute Gasteiger partial charge is 0.507 e. The van der Waals surface area contributed by atoms with Gasteiger partial charge in [0.15, 0.2) is 0 Å². The molecule has 0 aliphatic carbocycles. The molecule has 0 bridgehead atoms. The first-order valence-electron chi connectivity index (χ1n) is 4.99. The van der Waals surface area contributed by atoms with Crippen molar-refractivity contribution in [1.29, 1.82) is 0 Å². The highest BCUT2D eigenvalue weighted by atomic mass is 16.3. The molecule has 0 aliphatic rings. The molecule has 3 nitrogen and oxygen atoms in total. The van der Waals surface area contributed by atoms with Crippen molar-refractivity contribution < 1.29 is 5.11 Å². The van der Waals surface area contributed by atoms with Gasteiger partial charge in [-0.15, -0.1) is 0 Å². The second kappa shape index (κ2) is 4.64. The molecular formula is C12H15NO2. The molecule has 2 aromatic rings. The lowest BCUT2D eigenvalue weighted by molar-refractivity contribution is 0.480. The maximum Gasteiger partial charge on any atom is 0.252 e. The Morgan fingerprint density at radius 1 is 1.20 bits per heavy atom. The predicted octanol–water partition coefficient (Wildman–Crippen LogP) is 2.57. The van der Waals surface area contributed by atoms with Gasteiger partial charge in [0.1, 0.15) is 5.75 Å². The van der Waals surface area contributed by atoms with Crippen LogP contribution in [0.5, 0.6) is 5.75 Å². The molecule has 0 fully saturated rings. The third-order valence-electron chi connectivity index (χ3n) is 1.98. The summed E-state index contributed by atoms with van der Waals surface area (Å²) in [5.41, 5.74) is 1.44. The van der Waals surface area contributed by atoms with Crippen molar-refractivity contribution in [3.63, 3.8) is 0 Å². The summed E-state index contributed by atoms with van der Waals surface area (Å²) in [6, 6.07) is 6.68. The van der Waals surface area contributed by atoms with Crippen LogP contribution in [0.15, 0.2) is 29.1 Å². The number of pyridine rings is 1. The number of aromatic hydroxyl groups is 1. The third-order valence-corrected chi connectivity index (χ3v) is 1.98. The number of benzene rings is 1.